The lowest BCUT2D eigenvalue weighted by molar-refractivity contribution is 0.0943. The predicted octanol–water partition coefficient (Wildman–Crippen LogP) is 3.68. The van der Waals surface area contributed by atoms with E-state index in [-0.39, 0.29) is 5.91 Å². The lowest BCUT2D eigenvalue weighted by Gasteiger charge is -2.14. The highest BCUT2D eigenvalue weighted by Gasteiger charge is 2.40. The molecule has 0 saturated heterocycles. The molecule has 1 aromatic rings. The summed E-state index contributed by atoms with van der Waals surface area (Å²) in [4.78, 5) is 12.1. The van der Waals surface area contributed by atoms with Crippen LogP contribution >= 0.6 is 15.9 Å². The number of halogens is 1. The third-order valence-corrected chi connectivity index (χ3v) is 4.27. The van der Waals surface area contributed by atoms with Crippen molar-refractivity contribution in [3.63, 3.8) is 0 Å². The first-order valence-corrected chi connectivity index (χ1v) is 6.90. The van der Waals surface area contributed by atoms with Gasteiger partial charge in [-0.3, -0.25) is 4.79 Å². The van der Waals surface area contributed by atoms with E-state index < -0.39 is 0 Å². The highest BCUT2D eigenvalue weighted by atomic mass is 79.9. The molecule has 1 aliphatic rings. The zero-order valence-electron chi connectivity index (χ0n) is 10.3. The van der Waals surface area contributed by atoms with Crippen molar-refractivity contribution in [2.24, 2.45) is 5.41 Å². The van der Waals surface area contributed by atoms with E-state index in [1.807, 2.05) is 25.1 Å². The summed E-state index contributed by atoms with van der Waals surface area (Å²) in [6.45, 7) is 4.98. The molecule has 1 saturated carbocycles. The van der Waals surface area contributed by atoms with Crippen LogP contribution in [0.4, 0.5) is 0 Å². The molecule has 0 spiro atoms. The molecular formula is C14H18BrNO. The Hall–Kier alpha value is -0.830. The van der Waals surface area contributed by atoms with E-state index >= 15 is 0 Å². The molecule has 1 N–H and O–H groups in total. The van der Waals surface area contributed by atoms with Gasteiger partial charge < -0.3 is 5.32 Å². The highest BCUT2D eigenvalue weighted by Crippen LogP contribution is 2.47. The molecule has 2 nitrogen and oxygen atoms in total. The van der Waals surface area contributed by atoms with Crippen molar-refractivity contribution in [1.82, 2.24) is 5.32 Å². The first-order valence-electron chi connectivity index (χ1n) is 6.11. The van der Waals surface area contributed by atoms with Crippen LogP contribution in [0, 0.1) is 12.3 Å². The van der Waals surface area contributed by atoms with Crippen LogP contribution in [-0.4, -0.2) is 12.5 Å². The molecule has 1 aliphatic carbocycles. The Morgan fingerprint density at radius 1 is 1.47 bits per heavy atom. The van der Waals surface area contributed by atoms with Crippen molar-refractivity contribution < 1.29 is 4.79 Å². The summed E-state index contributed by atoms with van der Waals surface area (Å²) in [5.74, 6) is 0.0449. The van der Waals surface area contributed by atoms with E-state index in [4.69, 9.17) is 0 Å². The molecule has 0 unspecified atom stereocenters. The SMILES string of the molecule is CCC1(CNC(=O)c2cc(Br)ccc2C)CC1. The van der Waals surface area contributed by atoms with E-state index in [9.17, 15) is 4.79 Å². The number of rotatable bonds is 4. The van der Waals surface area contributed by atoms with Gasteiger partial charge in [-0.05, 0) is 49.3 Å². The molecule has 0 atom stereocenters. The monoisotopic (exact) mass is 295 g/mol. The van der Waals surface area contributed by atoms with Crippen LogP contribution in [-0.2, 0) is 0 Å². The van der Waals surface area contributed by atoms with E-state index in [2.05, 4.69) is 28.2 Å². The Labute approximate surface area is 111 Å². The fourth-order valence-corrected chi connectivity index (χ4v) is 2.40. The Bertz CT molecular complexity index is 438. The minimum absolute atomic E-state index is 0.0449. The molecule has 0 radical (unpaired) electrons. The van der Waals surface area contributed by atoms with Crippen molar-refractivity contribution in [2.75, 3.05) is 6.54 Å². The van der Waals surface area contributed by atoms with Crippen molar-refractivity contribution in [3.05, 3.63) is 33.8 Å². The Morgan fingerprint density at radius 2 is 2.18 bits per heavy atom. The van der Waals surface area contributed by atoms with Gasteiger partial charge >= 0.3 is 0 Å². The molecular weight excluding hydrogens is 278 g/mol. The molecule has 3 heteroatoms. The smallest absolute Gasteiger partial charge is 0.251 e. The number of aryl methyl sites for hydroxylation is 1. The summed E-state index contributed by atoms with van der Waals surface area (Å²) in [6, 6.07) is 5.81. The number of nitrogens with one attached hydrogen (secondary N) is 1. The lowest BCUT2D eigenvalue weighted by atomic mass is 10.0. The fourth-order valence-electron chi connectivity index (χ4n) is 2.03. The average molecular weight is 296 g/mol. The maximum absolute atomic E-state index is 12.1. The highest BCUT2D eigenvalue weighted by molar-refractivity contribution is 9.10. The second-order valence-corrected chi connectivity index (χ2v) is 5.91. The molecule has 0 heterocycles. The Balaban J connectivity index is 2.02. The quantitative estimate of drug-likeness (QED) is 0.902. The standard InChI is InChI=1S/C14H18BrNO/c1-3-14(6-7-14)9-16-13(17)12-8-11(15)5-4-10(12)2/h4-5,8H,3,6-7,9H2,1-2H3,(H,16,17). The van der Waals surface area contributed by atoms with Gasteiger partial charge in [0.25, 0.3) is 5.91 Å². The van der Waals surface area contributed by atoms with Crippen LogP contribution in [0.25, 0.3) is 0 Å². The molecule has 17 heavy (non-hydrogen) atoms. The fraction of sp³-hybridized carbons (Fsp3) is 0.500. The summed E-state index contributed by atoms with van der Waals surface area (Å²) >= 11 is 3.40. The van der Waals surface area contributed by atoms with Gasteiger partial charge in [-0.15, -0.1) is 0 Å². The van der Waals surface area contributed by atoms with E-state index in [1.165, 1.54) is 12.8 Å². The van der Waals surface area contributed by atoms with Crippen LogP contribution in [0.15, 0.2) is 22.7 Å². The van der Waals surface area contributed by atoms with Gasteiger partial charge in [0.15, 0.2) is 0 Å². The zero-order chi connectivity index (χ0) is 12.5. The normalized spacial score (nSPS) is 16.6. The molecule has 1 fully saturated rings. The second kappa shape index (κ2) is 4.81. The van der Waals surface area contributed by atoms with E-state index in [0.29, 0.717) is 5.41 Å². The summed E-state index contributed by atoms with van der Waals surface area (Å²) in [5, 5.41) is 3.06. The van der Waals surface area contributed by atoms with Gasteiger partial charge in [-0.2, -0.15) is 0 Å². The maximum Gasteiger partial charge on any atom is 0.251 e. The number of amides is 1. The van der Waals surface area contributed by atoms with Crippen molar-refractivity contribution in [1.29, 1.82) is 0 Å². The summed E-state index contributed by atoms with van der Waals surface area (Å²) in [6.07, 6.45) is 3.66. The van der Waals surface area contributed by atoms with Gasteiger partial charge in [-0.1, -0.05) is 28.9 Å². The minimum atomic E-state index is 0.0449. The number of benzene rings is 1. The number of hydrogen-bond donors (Lipinski definition) is 1. The third kappa shape index (κ3) is 2.89. The molecule has 1 aromatic carbocycles. The lowest BCUT2D eigenvalue weighted by Crippen LogP contribution is -2.30. The summed E-state index contributed by atoms with van der Waals surface area (Å²) in [5.41, 5.74) is 2.19. The van der Waals surface area contributed by atoms with Crippen LogP contribution in [0.2, 0.25) is 0 Å². The zero-order valence-corrected chi connectivity index (χ0v) is 11.9. The minimum Gasteiger partial charge on any atom is -0.351 e. The van der Waals surface area contributed by atoms with Crippen LogP contribution in [0.3, 0.4) is 0 Å². The predicted molar refractivity (Wildman–Crippen MR) is 73.2 cm³/mol. The van der Waals surface area contributed by atoms with Gasteiger partial charge in [-0.25, -0.2) is 0 Å². The van der Waals surface area contributed by atoms with Crippen LogP contribution in [0.1, 0.15) is 42.1 Å². The van der Waals surface area contributed by atoms with Crippen molar-refractivity contribution in [3.8, 4) is 0 Å². The van der Waals surface area contributed by atoms with Crippen molar-refractivity contribution >= 4 is 21.8 Å². The third-order valence-electron chi connectivity index (χ3n) is 3.78. The number of carbonyl (C=O) groups excluding carboxylic acids is 1. The molecule has 92 valence electrons. The first-order chi connectivity index (χ1) is 8.06. The average Bonchev–Trinajstić information content (AvgIpc) is 3.10. The van der Waals surface area contributed by atoms with Crippen molar-refractivity contribution in [2.45, 2.75) is 33.1 Å². The maximum atomic E-state index is 12.1. The molecule has 1 amide bonds. The Kier molecular flexibility index (Phi) is 3.57. The number of hydrogen-bond acceptors (Lipinski definition) is 1. The summed E-state index contributed by atoms with van der Waals surface area (Å²) in [7, 11) is 0. The van der Waals surface area contributed by atoms with Crippen LogP contribution < -0.4 is 5.32 Å². The molecule has 0 aliphatic heterocycles. The van der Waals surface area contributed by atoms with Gasteiger partial charge in [0, 0.05) is 16.6 Å². The molecule has 2 rings (SSSR count). The van der Waals surface area contributed by atoms with E-state index in [0.717, 1.165) is 28.6 Å². The Morgan fingerprint density at radius 3 is 2.76 bits per heavy atom. The molecule has 0 bridgehead atoms. The van der Waals surface area contributed by atoms with E-state index in [1.54, 1.807) is 0 Å². The second-order valence-electron chi connectivity index (χ2n) is 5.00. The van der Waals surface area contributed by atoms with Crippen LogP contribution in [0.5, 0.6) is 0 Å². The number of carbonyl (C=O) groups is 1. The molecule has 0 aromatic heterocycles. The first kappa shape index (κ1) is 12.6. The van der Waals surface area contributed by atoms with Gasteiger partial charge in [0.1, 0.15) is 0 Å². The largest absolute Gasteiger partial charge is 0.351 e. The summed E-state index contributed by atoms with van der Waals surface area (Å²) < 4.78 is 0.949. The van der Waals surface area contributed by atoms with Gasteiger partial charge in [0.2, 0.25) is 0 Å². The van der Waals surface area contributed by atoms with Gasteiger partial charge in [0.05, 0.1) is 0 Å². The topological polar surface area (TPSA) is 29.1 Å².